The van der Waals surface area contributed by atoms with Crippen LogP contribution in [0.3, 0.4) is 0 Å². The van der Waals surface area contributed by atoms with Crippen LogP contribution in [0.15, 0.2) is 15.2 Å². The molecule has 4 nitrogen and oxygen atoms in total. The van der Waals surface area contributed by atoms with E-state index in [1.807, 2.05) is 6.92 Å². The zero-order chi connectivity index (χ0) is 11.7. The zero-order valence-corrected chi connectivity index (χ0v) is 10.4. The smallest absolute Gasteiger partial charge is 0.108 e. The molecule has 0 atom stereocenters. The lowest BCUT2D eigenvalue weighted by Crippen LogP contribution is -2.49. The number of aliphatic imine (C=N–C) groups is 1. The lowest BCUT2D eigenvalue weighted by atomic mass is 9.98. The summed E-state index contributed by atoms with van der Waals surface area (Å²) < 4.78 is 0. The Balaban J connectivity index is 2.98. The van der Waals surface area contributed by atoms with Gasteiger partial charge in [-0.3, -0.25) is 9.89 Å². The fourth-order valence-corrected chi connectivity index (χ4v) is 1.70. The van der Waals surface area contributed by atoms with Crippen molar-refractivity contribution >= 4 is 18.1 Å². The van der Waals surface area contributed by atoms with E-state index in [1.165, 1.54) is 0 Å². The maximum atomic E-state index is 4.65. The molecule has 0 N–H and O–H groups in total. The van der Waals surface area contributed by atoms with E-state index in [0.29, 0.717) is 0 Å². The average Bonchev–Trinajstić information content (AvgIpc) is 2.28. The first-order valence-electron chi connectivity index (χ1n) is 5.17. The second kappa shape index (κ2) is 3.85. The van der Waals surface area contributed by atoms with Crippen LogP contribution < -0.4 is 0 Å². The van der Waals surface area contributed by atoms with Gasteiger partial charge in [0.15, 0.2) is 0 Å². The molecule has 0 aliphatic carbocycles. The predicted molar refractivity (Wildman–Crippen MR) is 66.0 cm³/mol. The van der Waals surface area contributed by atoms with Gasteiger partial charge in [-0.2, -0.15) is 10.2 Å². The Hall–Kier alpha value is -1.03. The Bertz CT molecular complexity index is 323. The lowest BCUT2D eigenvalue weighted by molar-refractivity contribution is 0.121. The molecule has 1 rings (SSSR count). The molecule has 15 heavy (non-hydrogen) atoms. The van der Waals surface area contributed by atoms with Crippen LogP contribution >= 0.6 is 0 Å². The first kappa shape index (κ1) is 12.0. The summed E-state index contributed by atoms with van der Waals surface area (Å²) in [5.74, 6) is 0. The first-order valence-corrected chi connectivity index (χ1v) is 5.17. The maximum absolute atomic E-state index is 4.65. The number of rotatable bonds is 2. The molecule has 84 valence electrons. The Morgan fingerprint density at radius 2 is 1.80 bits per heavy atom. The van der Waals surface area contributed by atoms with E-state index >= 15 is 0 Å². The molecule has 0 spiro atoms. The summed E-state index contributed by atoms with van der Waals surface area (Å²) >= 11 is 0. The normalized spacial score (nSPS) is 25.3. The van der Waals surface area contributed by atoms with Crippen molar-refractivity contribution in [1.82, 2.24) is 4.90 Å². The van der Waals surface area contributed by atoms with Gasteiger partial charge >= 0.3 is 0 Å². The molecule has 0 bridgehead atoms. The number of hydrogen-bond acceptors (Lipinski definition) is 4. The molecule has 0 fully saturated rings. The summed E-state index contributed by atoms with van der Waals surface area (Å²) in [5.41, 5.74) is 0.720. The Kier molecular flexibility index (Phi) is 3.09. The van der Waals surface area contributed by atoms with Gasteiger partial charge in [-0.15, -0.1) is 0 Å². The second-order valence-electron chi connectivity index (χ2n) is 4.73. The quantitative estimate of drug-likeness (QED) is 0.505. The Morgan fingerprint density at radius 1 is 1.20 bits per heavy atom. The summed E-state index contributed by atoms with van der Waals surface area (Å²) in [5, 5.41) is 7.77. The van der Waals surface area contributed by atoms with Gasteiger partial charge in [0.05, 0.1) is 17.5 Å². The van der Waals surface area contributed by atoms with Gasteiger partial charge in [0.25, 0.3) is 0 Å². The molecule has 0 aromatic heterocycles. The molecule has 1 aliphatic rings. The van der Waals surface area contributed by atoms with Crippen molar-refractivity contribution in [2.75, 3.05) is 7.05 Å². The van der Waals surface area contributed by atoms with Crippen LogP contribution in [-0.4, -0.2) is 41.3 Å². The highest BCUT2D eigenvalue weighted by atomic mass is 15.4. The van der Waals surface area contributed by atoms with Gasteiger partial charge in [0, 0.05) is 6.21 Å². The summed E-state index contributed by atoms with van der Waals surface area (Å²) in [7, 11) is 2.08. The van der Waals surface area contributed by atoms with Crippen LogP contribution in [0.1, 0.15) is 34.6 Å². The van der Waals surface area contributed by atoms with Crippen LogP contribution in [0.4, 0.5) is 0 Å². The van der Waals surface area contributed by atoms with E-state index in [1.54, 1.807) is 12.4 Å². The van der Waals surface area contributed by atoms with Crippen molar-refractivity contribution in [2.45, 2.75) is 45.8 Å². The monoisotopic (exact) mass is 208 g/mol. The van der Waals surface area contributed by atoms with Gasteiger partial charge < -0.3 is 0 Å². The fourth-order valence-electron chi connectivity index (χ4n) is 1.70. The standard InChI is InChI=1S/C11H20N4/c1-7-12-13-8-9-10(2,3)15(6)11(4,5)14-9/h7-8H,1-6H3/b12-7+,13-8+. The molecule has 0 amide bonds. The fraction of sp³-hybridized carbons (Fsp3) is 0.727. The topological polar surface area (TPSA) is 40.3 Å². The van der Waals surface area contributed by atoms with E-state index in [2.05, 4.69) is 54.8 Å². The van der Waals surface area contributed by atoms with Crippen LogP contribution in [-0.2, 0) is 0 Å². The van der Waals surface area contributed by atoms with Gasteiger partial charge in [-0.05, 0) is 41.7 Å². The third kappa shape index (κ3) is 2.15. The van der Waals surface area contributed by atoms with Gasteiger partial charge in [0.2, 0.25) is 0 Å². The van der Waals surface area contributed by atoms with Gasteiger partial charge in [-0.1, -0.05) is 0 Å². The molecule has 0 aromatic carbocycles. The number of nitrogens with zero attached hydrogens (tertiary/aromatic N) is 4. The van der Waals surface area contributed by atoms with Crippen LogP contribution in [0.25, 0.3) is 0 Å². The Morgan fingerprint density at radius 3 is 2.20 bits per heavy atom. The van der Waals surface area contributed by atoms with Crippen molar-refractivity contribution in [3.63, 3.8) is 0 Å². The lowest BCUT2D eigenvalue weighted by Gasteiger charge is -2.35. The molecule has 0 saturated heterocycles. The zero-order valence-electron chi connectivity index (χ0n) is 10.4. The molecule has 0 saturated carbocycles. The molecule has 0 radical (unpaired) electrons. The molecule has 1 heterocycles. The minimum atomic E-state index is -0.166. The van der Waals surface area contributed by atoms with Crippen LogP contribution in [0, 0.1) is 0 Å². The third-order valence-corrected chi connectivity index (χ3v) is 3.04. The van der Waals surface area contributed by atoms with E-state index in [4.69, 9.17) is 0 Å². The predicted octanol–water partition coefficient (Wildman–Crippen LogP) is 1.96. The van der Waals surface area contributed by atoms with Crippen molar-refractivity contribution in [1.29, 1.82) is 0 Å². The Labute approximate surface area is 91.8 Å². The highest BCUT2D eigenvalue weighted by Gasteiger charge is 2.44. The minimum Gasteiger partial charge on any atom is -0.272 e. The van der Waals surface area contributed by atoms with E-state index in [0.717, 1.165) is 5.71 Å². The molecule has 1 aliphatic heterocycles. The molecule has 4 heteroatoms. The largest absolute Gasteiger partial charge is 0.272 e. The van der Waals surface area contributed by atoms with E-state index in [9.17, 15) is 0 Å². The third-order valence-electron chi connectivity index (χ3n) is 3.04. The first-order chi connectivity index (χ1) is 6.82. The summed E-state index contributed by atoms with van der Waals surface area (Å²) in [6.45, 7) is 10.3. The molecule has 0 aromatic rings. The maximum Gasteiger partial charge on any atom is 0.108 e. The molecular formula is C11H20N4. The highest BCUT2D eigenvalue weighted by Crippen LogP contribution is 2.32. The van der Waals surface area contributed by atoms with Crippen molar-refractivity contribution in [3.05, 3.63) is 0 Å². The highest BCUT2D eigenvalue weighted by molar-refractivity contribution is 6.35. The SMILES string of the molecule is C/C=N/N=C/C1=NC(C)(C)N(C)C1(C)C. The van der Waals surface area contributed by atoms with Crippen LogP contribution in [0.2, 0.25) is 0 Å². The second-order valence-corrected chi connectivity index (χ2v) is 4.73. The van der Waals surface area contributed by atoms with Crippen molar-refractivity contribution in [2.24, 2.45) is 15.2 Å². The van der Waals surface area contributed by atoms with Gasteiger partial charge in [0.1, 0.15) is 5.66 Å². The van der Waals surface area contributed by atoms with Gasteiger partial charge in [-0.25, -0.2) is 0 Å². The summed E-state index contributed by atoms with van der Waals surface area (Å²) in [6.07, 6.45) is 3.40. The van der Waals surface area contributed by atoms with Crippen molar-refractivity contribution < 1.29 is 0 Å². The average molecular weight is 208 g/mol. The minimum absolute atomic E-state index is 0.0870. The molecular weight excluding hydrogens is 188 g/mol. The number of hydrogen-bond donors (Lipinski definition) is 0. The summed E-state index contributed by atoms with van der Waals surface area (Å²) in [6, 6.07) is 0. The summed E-state index contributed by atoms with van der Waals surface area (Å²) in [4.78, 5) is 6.88. The van der Waals surface area contributed by atoms with E-state index in [-0.39, 0.29) is 11.2 Å². The van der Waals surface area contributed by atoms with E-state index < -0.39 is 0 Å². The van der Waals surface area contributed by atoms with Crippen LogP contribution in [0.5, 0.6) is 0 Å². The van der Waals surface area contributed by atoms with Crippen molar-refractivity contribution in [3.8, 4) is 0 Å². The molecule has 0 unspecified atom stereocenters.